The Bertz CT molecular complexity index is 2230. The molecule has 1 amide bonds. The largest absolute Gasteiger partial charge is 0.420 e. The molecule has 5 aromatic rings. The van der Waals surface area contributed by atoms with Crippen molar-refractivity contribution in [1.29, 1.82) is 5.26 Å². The summed E-state index contributed by atoms with van der Waals surface area (Å²) in [7, 11) is 0. The van der Waals surface area contributed by atoms with E-state index in [4.69, 9.17) is 19.4 Å². The molecule has 1 atom stereocenters. The third kappa shape index (κ3) is 4.98. The van der Waals surface area contributed by atoms with Gasteiger partial charge in [0.1, 0.15) is 6.07 Å². The molecule has 0 radical (unpaired) electrons. The molecule has 1 saturated carbocycles. The summed E-state index contributed by atoms with van der Waals surface area (Å²) in [5.74, 6) is -0.480. The van der Waals surface area contributed by atoms with Crippen LogP contribution in [-0.2, 0) is 17.7 Å². The molecular weight excluding hydrogens is 616 g/mol. The third-order valence-electron chi connectivity index (χ3n) is 11.3. The van der Waals surface area contributed by atoms with Crippen molar-refractivity contribution in [1.82, 2.24) is 24.4 Å². The third-order valence-corrected chi connectivity index (χ3v) is 11.3. The Kier molecular flexibility index (Phi) is 7.02. The Morgan fingerprint density at radius 2 is 1.86 bits per heavy atom. The van der Waals surface area contributed by atoms with Crippen LogP contribution >= 0.6 is 0 Å². The maximum absolute atomic E-state index is 14.3. The van der Waals surface area contributed by atoms with E-state index in [1.54, 1.807) is 16.7 Å². The molecule has 10 nitrogen and oxygen atoms in total. The maximum Gasteiger partial charge on any atom is 0.420 e. The first-order chi connectivity index (χ1) is 23.9. The second-order valence-corrected chi connectivity index (χ2v) is 14.2. The van der Waals surface area contributed by atoms with Crippen LogP contribution in [0.1, 0.15) is 89.7 Å². The minimum Gasteiger partial charge on any atom is -0.408 e. The number of carbonyl (C=O) groups excluding carboxylic acids is 1. The zero-order chi connectivity index (χ0) is 33.3. The molecule has 49 heavy (non-hydrogen) atoms. The van der Waals surface area contributed by atoms with Gasteiger partial charge in [-0.2, -0.15) is 5.26 Å². The van der Waals surface area contributed by atoms with Gasteiger partial charge < -0.3 is 14.1 Å². The minimum absolute atomic E-state index is 0.0159. The number of hydrogen-bond donors (Lipinski definition) is 0. The number of pyridine rings is 3. The number of nitrogens with zero attached hydrogens (tertiary/aromatic N) is 6. The van der Waals surface area contributed by atoms with E-state index in [1.165, 1.54) is 19.0 Å². The van der Waals surface area contributed by atoms with Crippen LogP contribution in [0.5, 0.6) is 0 Å². The number of hydrogen-bond acceptors (Lipinski definition) is 8. The Morgan fingerprint density at radius 1 is 1.00 bits per heavy atom. The van der Waals surface area contributed by atoms with E-state index in [9.17, 15) is 9.59 Å². The molecule has 246 valence electrons. The predicted octanol–water partition coefficient (Wildman–Crippen LogP) is 6.52. The lowest BCUT2D eigenvalue weighted by Crippen LogP contribution is -2.42. The van der Waals surface area contributed by atoms with Crippen LogP contribution < -0.4 is 5.76 Å². The molecule has 4 aliphatic heterocycles. The van der Waals surface area contributed by atoms with Crippen molar-refractivity contribution in [2.45, 2.75) is 77.0 Å². The van der Waals surface area contributed by atoms with Gasteiger partial charge in [0, 0.05) is 41.5 Å². The van der Waals surface area contributed by atoms with Gasteiger partial charge in [0.05, 0.1) is 53.3 Å². The van der Waals surface area contributed by atoms with Gasteiger partial charge in [0.15, 0.2) is 5.58 Å². The van der Waals surface area contributed by atoms with Crippen molar-refractivity contribution >= 4 is 17.0 Å². The predicted molar refractivity (Wildman–Crippen MR) is 182 cm³/mol. The SMILES string of the molecule is Cc1cc(-c2c(CCC34CCC(CC3)OC4)nc3c(c2-c2ccc4c(c2)oc(=O)n4Cc2ccc(C#N)cn2)C(=O)N2CCC[C@H]32)ccn1. The van der Waals surface area contributed by atoms with Gasteiger partial charge in [-0.3, -0.25) is 24.3 Å². The van der Waals surface area contributed by atoms with E-state index in [-0.39, 0.29) is 23.9 Å². The lowest BCUT2D eigenvalue weighted by Gasteiger charge is -2.46. The highest BCUT2D eigenvalue weighted by Crippen LogP contribution is 2.50. The molecule has 10 heteroatoms. The molecule has 1 aromatic carbocycles. The summed E-state index contributed by atoms with van der Waals surface area (Å²) in [6.45, 7) is 3.71. The van der Waals surface area contributed by atoms with Gasteiger partial charge in [0.2, 0.25) is 0 Å². The lowest BCUT2D eigenvalue weighted by atomic mass is 9.68. The number of carbonyl (C=O) groups is 1. The minimum atomic E-state index is -0.496. The number of amides is 1. The maximum atomic E-state index is 14.3. The summed E-state index contributed by atoms with van der Waals surface area (Å²) < 4.78 is 13.6. The van der Waals surface area contributed by atoms with Crippen LogP contribution in [0, 0.1) is 23.7 Å². The van der Waals surface area contributed by atoms with Crippen molar-refractivity contribution in [3.63, 3.8) is 0 Å². The molecule has 0 N–H and O–H groups in total. The number of fused-ring (bicyclic) bond motifs is 7. The lowest BCUT2D eigenvalue weighted by molar-refractivity contribution is -0.117. The van der Waals surface area contributed by atoms with Gasteiger partial charge in [0.25, 0.3) is 5.91 Å². The van der Waals surface area contributed by atoms with E-state index in [2.05, 4.69) is 22.1 Å². The molecule has 0 spiro atoms. The van der Waals surface area contributed by atoms with Crippen molar-refractivity contribution in [2.24, 2.45) is 5.41 Å². The van der Waals surface area contributed by atoms with E-state index >= 15 is 0 Å². The van der Waals surface area contributed by atoms with Gasteiger partial charge in [-0.1, -0.05) is 6.07 Å². The van der Waals surface area contributed by atoms with Crippen molar-refractivity contribution in [3.05, 3.63) is 99.3 Å². The Balaban J connectivity index is 1.21. The molecule has 2 bridgehead atoms. The normalized spacial score (nSPS) is 22.4. The summed E-state index contributed by atoms with van der Waals surface area (Å²) in [6, 6.07) is 15.3. The number of oxazole rings is 1. The van der Waals surface area contributed by atoms with Crippen molar-refractivity contribution < 1.29 is 13.9 Å². The van der Waals surface area contributed by atoms with E-state index in [1.807, 2.05) is 42.3 Å². The second kappa shape index (κ2) is 11.5. The Labute approximate surface area is 283 Å². The number of rotatable bonds is 7. The monoisotopic (exact) mass is 652 g/mol. The quantitative estimate of drug-likeness (QED) is 0.194. The van der Waals surface area contributed by atoms with Gasteiger partial charge in [-0.15, -0.1) is 0 Å². The molecular formula is C39H36N6O4. The fraction of sp³-hybridized carbons (Fsp3) is 0.385. The van der Waals surface area contributed by atoms with E-state index < -0.39 is 5.76 Å². The average Bonchev–Trinajstić information content (AvgIpc) is 3.81. The Hall–Kier alpha value is -5.14. The molecule has 0 unspecified atom stereocenters. The van der Waals surface area contributed by atoms with Crippen LogP contribution in [0.25, 0.3) is 33.4 Å². The van der Waals surface area contributed by atoms with E-state index in [0.29, 0.717) is 34.0 Å². The number of nitriles is 1. The molecule has 1 aliphatic carbocycles. The summed E-state index contributed by atoms with van der Waals surface area (Å²) in [5.41, 5.74) is 9.29. The fourth-order valence-electron chi connectivity index (χ4n) is 8.66. The number of ether oxygens (including phenoxy) is 1. The van der Waals surface area contributed by atoms with Crippen LogP contribution in [-0.4, -0.2) is 49.6 Å². The van der Waals surface area contributed by atoms with Crippen molar-refractivity contribution in [3.8, 4) is 28.3 Å². The molecule has 4 aromatic heterocycles. The topological polar surface area (TPSA) is 127 Å². The Morgan fingerprint density at radius 3 is 2.61 bits per heavy atom. The van der Waals surface area contributed by atoms with Crippen LogP contribution in [0.3, 0.4) is 0 Å². The summed E-state index contributed by atoms with van der Waals surface area (Å²) in [4.78, 5) is 43.7. The van der Waals surface area contributed by atoms with Crippen LogP contribution in [0.4, 0.5) is 0 Å². The molecule has 5 aliphatic rings. The molecule has 8 heterocycles. The van der Waals surface area contributed by atoms with Crippen molar-refractivity contribution in [2.75, 3.05) is 13.2 Å². The number of aryl methyl sites for hydroxylation is 2. The van der Waals surface area contributed by atoms with Gasteiger partial charge in [-0.05, 0) is 111 Å². The summed E-state index contributed by atoms with van der Waals surface area (Å²) in [5, 5.41) is 9.15. The van der Waals surface area contributed by atoms with E-state index in [0.717, 1.165) is 91.0 Å². The average molecular weight is 653 g/mol. The smallest absolute Gasteiger partial charge is 0.408 e. The number of aromatic nitrogens is 4. The zero-order valence-electron chi connectivity index (χ0n) is 27.4. The van der Waals surface area contributed by atoms with Gasteiger partial charge >= 0.3 is 5.76 Å². The first-order valence-electron chi connectivity index (χ1n) is 17.3. The fourth-order valence-corrected chi connectivity index (χ4v) is 8.66. The highest BCUT2D eigenvalue weighted by molar-refractivity contribution is 6.09. The zero-order valence-corrected chi connectivity index (χ0v) is 27.4. The first kappa shape index (κ1) is 30.0. The molecule has 3 saturated heterocycles. The van der Waals surface area contributed by atoms with Gasteiger partial charge in [-0.25, -0.2) is 4.79 Å². The highest BCUT2D eigenvalue weighted by atomic mass is 16.5. The summed E-state index contributed by atoms with van der Waals surface area (Å²) in [6.07, 6.45) is 11.9. The second-order valence-electron chi connectivity index (χ2n) is 14.2. The number of benzene rings is 1. The molecule has 10 rings (SSSR count). The highest BCUT2D eigenvalue weighted by Gasteiger charge is 2.45. The summed E-state index contributed by atoms with van der Waals surface area (Å²) >= 11 is 0. The molecule has 4 fully saturated rings. The standard InChI is InChI=1S/C39H36N6O4/c1-23-17-26(11-15-41-23)33-29(10-14-39-12-8-28(9-13-39)48-22-39)43-36-31-3-2-16-44(31)37(46)35(36)34(33)25-5-7-30-32(18-25)49-38(47)45(30)21-27-6-4-24(19-40)20-42-27/h4-7,11,15,17-18,20,28,31H,2-3,8-10,12-14,16,21-22H2,1H3/t28?,31-,39?/m1/s1. The first-order valence-corrected chi connectivity index (χ1v) is 17.3. The van der Waals surface area contributed by atoms with Crippen LogP contribution in [0.2, 0.25) is 0 Å². The van der Waals surface area contributed by atoms with Crippen LogP contribution in [0.15, 0.2) is 64.1 Å².